The Morgan fingerprint density at radius 1 is 1.10 bits per heavy atom. The van der Waals surface area contributed by atoms with Crippen LogP contribution in [0.3, 0.4) is 0 Å². The molecule has 122 valence electrons. The van der Waals surface area contributed by atoms with E-state index in [1.54, 1.807) is 0 Å². The fourth-order valence-corrected chi connectivity index (χ4v) is 4.25. The summed E-state index contributed by atoms with van der Waals surface area (Å²) in [5.41, 5.74) is 0. The van der Waals surface area contributed by atoms with Crippen LogP contribution < -0.4 is 10.6 Å². The van der Waals surface area contributed by atoms with Crippen molar-refractivity contribution in [3.8, 4) is 0 Å². The molecule has 1 amide bonds. The van der Waals surface area contributed by atoms with Crippen LogP contribution in [0.25, 0.3) is 0 Å². The Balaban J connectivity index is 1.56. The summed E-state index contributed by atoms with van der Waals surface area (Å²) < 4.78 is 0. The molecule has 0 radical (unpaired) electrons. The minimum atomic E-state index is 0.0702. The zero-order valence-corrected chi connectivity index (χ0v) is 14.4. The number of rotatable bonds is 8. The van der Waals surface area contributed by atoms with E-state index >= 15 is 0 Å². The maximum absolute atomic E-state index is 12.2. The fraction of sp³-hybridized carbons (Fsp3) is 0.941. The first-order chi connectivity index (χ1) is 10.3. The highest BCUT2D eigenvalue weighted by molar-refractivity contribution is 7.98. The van der Waals surface area contributed by atoms with Crippen LogP contribution >= 0.6 is 11.8 Å². The van der Waals surface area contributed by atoms with Gasteiger partial charge in [0.05, 0.1) is 6.04 Å². The lowest BCUT2D eigenvalue weighted by Crippen LogP contribution is -2.55. The standard InChI is InChI=1S/C17H32N2OS/c1-21-13-7-3-2-6-12-18-17(20)16-11-10-14-8-4-5-9-15(14)19-16/h14-16,19H,2-13H2,1H3,(H,18,20). The number of fused-ring (bicyclic) bond motifs is 1. The van der Waals surface area contributed by atoms with Crippen molar-refractivity contribution in [1.29, 1.82) is 0 Å². The Morgan fingerprint density at radius 3 is 2.76 bits per heavy atom. The van der Waals surface area contributed by atoms with Crippen molar-refractivity contribution in [3.63, 3.8) is 0 Å². The Kier molecular flexibility index (Phi) is 7.94. The van der Waals surface area contributed by atoms with Crippen LogP contribution in [-0.2, 0) is 4.79 Å². The average Bonchev–Trinajstić information content (AvgIpc) is 2.53. The molecular formula is C17H32N2OS. The van der Waals surface area contributed by atoms with Gasteiger partial charge in [-0.1, -0.05) is 25.7 Å². The molecule has 0 aromatic heterocycles. The van der Waals surface area contributed by atoms with E-state index in [-0.39, 0.29) is 11.9 Å². The number of thioether (sulfide) groups is 1. The first-order valence-electron chi connectivity index (χ1n) is 8.84. The smallest absolute Gasteiger partial charge is 0.237 e. The molecule has 2 N–H and O–H groups in total. The van der Waals surface area contributed by atoms with Gasteiger partial charge in [0.15, 0.2) is 0 Å². The van der Waals surface area contributed by atoms with Crippen LogP contribution in [0.2, 0.25) is 0 Å². The van der Waals surface area contributed by atoms with Gasteiger partial charge in [-0.3, -0.25) is 4.79 Å². The van der Waals surface area contributed by atoms with Gasteiger partial charge >= 0.3 is 0 Å². The average molecular weight is 313 g/mol. The number of carbonyl (C=O) groups excluding carboxylic acids is 1. The van der Waals surface area contributed by atoms with E-state index in [0.29, 0.717) is 6.04 Å². The first kappa shape index (κ1) is 17.1. The van der Waals surface area contributed by atoms with Crippen LogP contribution in [0.5, 0.6) is 0 Å². The molecule has 21 heavy (non-hydrogen) atoms. The Bertz CT molecular complexity index is 311. The monoisotopic (exact) mass is 312 g/mol. The van der Waals surface area contributed by atoms with E-state index in [2.05, 4.69) is 16.9 Å². The van der Waals surface area contributed by atoms with Crippen molar-refractivity contribution in [2.24, 2.45) is 5.92 Å². The third-order valence-electron chi connectivity index (χ3n) is 5.04. The van der Waals surface area contributed by atoms with Crippen molar-refractivity contribution in [1.82, 2.24) is 10.6 Å². The predicted molar refractivity (Wildman–Crippen MR) is 91.8 cm³/mol. The van der Waals surface area contributed by atoms with Gasteiger partial charge in [-0.05, 0) is 56.5 Å². The second kappa shape index (κ2) is 9.73. The lowest BCUT2D eigenvalue weighted by Gasteiger charge is -2.39. The highest BCUT2D eigenvalue weighted by Crippen LogP contribution is 2.32. The summed E-state index contributed by atoms with van der Waals surface area (Å²) in [6.45, 7) is 0.852. The van der Waals surface area contributed by atoms with Gasteiger partial charge in [-0.15, -0.1) is 0 Å². The van der Waals surface area contributed by atoms with E-state index in [1.807, 2.05) is 11.8 Å². The molecule has 3 atom stereocenters. The van der Waals surface area contributed by atoms with Crippen LogP contribution in [0.15, 0.2) is 0 Å². The topological polar surface area (TPSA) is 41.1 Å². The minimum Gasteiger partial charge on any atom is -0.355 e. The van der Waals surface area contributed by atoms with Gasteiger partial charge in [-0.2, -0.15) is 11.8 Å². The highest BCUT2D eigenvalue weighted by Gasteiger charge is 2.34. The molecule has 4 heteroatoms. The number of piperidine rings is 1. The van der Waals surface area contributed by atoms with Gasteiger partial charge in [0.25, 0.3) is 0 Å². The number of carbonyl (C=O) groups is 1. The normalized spacial score (nSPS) is 28.9. The third kappa shape index (κ3) is 5.82. The molecule has 0 aromatic carbocycles. The first-order valence-corrected chi connectivity index (χ1v) is 10.2. The molecule has 2 fully saturated rings. The molecule has 1 heterocycles. The lowest BCUT2D eigenvalue weighted by atomic mass is 9.77. The molecule has 3 unspecified atom stereocenters. The van der Waals surface area contributed by atoms with Crippen LogP contribution in [0.1, 0.15) is 64.2 Å². The number of hydrogen-bond acceptors (Lipinski definition) is 3. The molecule has 1 saturated heterocycles. The molecule has 1 aliphatic heterocycles. The maximum atomic E-state index is 12.2. The fourth-order valence-electron chi connectivity index (χ4n) is 3.76. The van der Waals surface area contributed by atoms with E-state index in [4.69, 9.17) is 0 Å². The van der Waals surface area contributed by atoms with Crippen molar-refractivity contribution in [3.05, 3.63) is 0 Å². The largest absolute Gasteiger partial charge is 0.355 e. The number of amides is 1. The van der Waals surface area contributed by atoms with Gasteiger partial charge in [-0.25, -0.2) is 0 Å². The SMILES string of the molecule is CSCCCCCCNC(=O)C1CCC2CCCCC2N1. The zero-order chi connectivity index (χ0) is 14.9. The Hall–Kier alpha value is -0.220. The molecule has 0 spiro atoms. The third-order valence-corrected chi connectivity index (χ3v) is 5.74. The van der Waals surface area contributed by atoms with E-state index in [1.165, 1.54) is 57.1 Å². The Morgan fingerprint density at radius 2 is 1.90 bits per heavy atom. The molecule has 2 aliphatic rings. The number of unbranched alkanes of at least 4 members (excludes halogenated alkanes) is 3. The summed E-state index contributed by atoms with van der Waals surface area (Å²) in [4.78, 5) is 12.2. The predicted octanol–water partition coefficient (Wildman–Crippen LogP) is 3.34. The minimum absolute atomic E-state index is 0.0702. The second-order valence-corrected chi connectivity index (χ2v) is 7.63. The molecule has 0 bridgehead atoms. The summed E-state index contributed by atoms with van der Waals surface area (Å²) >= 11 is 1.92. The molecule has 3 nitrogen and oxygen atoms in total. The van der Waals surface area contributed by atoms with Gasteiger partial charge in [0.1, 0.15) is 0 Å². The number of hydrogen-bond donors (Lipinski definition) is 2. The number of nitrogens with one attached hydrogen (secondary N) is 2. The van der Waals surface area contributed by atoms with Crippen molar-refractivity contribution < 1.29 is 4.79 Å². The molecule has 1 aliphatic carbocycles. The molecular weight excluding hydrogens is 280 g/mol. The van der Waals surface area contributed by atoms with Crippen LogP contribution in [-0.4, -0.2) is 36.5 Å². The maximum Gasteiger partial charge on any atom is 0.237 e. The lowest BCUT2D eigenvalue weighted by molar-refractivity contribution is -0.124. The molecule has 2 rings (SSSR count). The summed E-state index contributed by atoms with van der Waals surface area (Å²) in [5.74, 6) is 2.34. The summed E-state index contributed by atoms with van der Waals surface area (Å²) in [5, 5.41) is 6.74. The van der Waals surface area contributed by atoms with E-state index in [9.17, 15) is 4.79 Å². The summed E-state index contributed by atoms with van der Waals surface area (Å²) in [6, 6.07) is 0.677. The van der Waals surface area contributed by atoms with Gasteiger partial charge in [0, 0.05) is 12.6 Å². The van der Waals surface area contributed by atoms with Crippen LogP contribution in [0.4, 0.5) is 0 Å². The molecule has 0 aromatic rings. The highest BCUT2D eigenvalue weighted by atomic mass is 32.2. The van der Waals surface area contributed by atoms with Crippen molar-refractivity contribution in [2.45, 2.75) is 76.3 Å². The zero-order valence-electron chi connectivity index (χ0n) is 13.5. The second-order valence-electron chi connectivity index (χ2n) is 6.65. The molecule has 1 saturated carbocycles. The van der Waals surface area contributed by atoms with E-state index < -0.39 is 0 Å². The van der Waals surface area contributed by atoms with E-state index in [0.717, 1.165) is 25.3 Å². The summed E-state index contributed by atoms with van der Waals surface area (Å²) in [6.07, 6.45) is 14.7. The van der Waals surface area contributed by atoms with Crippen molar-refractivity contribution in [2.75, 3.05) is 18.6 Å². The van der Waals surface area contributed by atoms with Gasteiger partial charge in [0.2, 0.25) is 5.91 Å². The van der Waals surface area contributed by atoms with Crippen LogP contribution in [0, 0.1) is 5.92 Å². The van der Waals surface area contributed by atoms with Crippen molar-refractivity contribution >= 4 is 17.7 Å². The summed E-state index contributed by atoms with van der Waals surface area (Å²) in [7, 11) is 0. The van der Waals surface area contributed by atoms with Gasteiger partial charge < -0.3 is 10.6 Å². The quantitative estimate of drug-likeness (QED) is 0.675. The Labute approximate surface area is 134 Å².